The lowest BCUT2D eigenvalue weighted by atomic mass is 10.1. The monoisotopic (exact) mass is 230 g/mol. The summed E-state index contributed by atoms with van der Waals surface area (Å²) >= 11 is 0. The molecule has 0 bridgehead atoms. The van der Waals surface area contributed by atoms with Gasteiger partial charge in [-0.25, -0.2) is 4.98 Å². The minimum atomic E-state index is -0.282. The van der Waals surface area contributed by atoms with E-state index in [1.165, 1.54) is 6.92 Å². The van der Waals surface area contributed by atoms with E-state index in [0.29, 0.717) is 5.52 Å². The van der Waals surface area contributed by atoms with Crippen molar-refractivity contribution in [3.05, 3.63) is 39.3 Å². The van der Waals surface area contributed by atoms with Gasteiger partial charge in [-0.3, -0.25) is 9.59 Å². The number of aromatic amines is 1. The highest BCUT2D eigenvalue weighted by Crippen LogP contribution is 2.14. The van der Waals surface area contributed by atoms with Crippen LogP contribution in [-0.2, 0) is 11.2 Å². The Bertz CT molecular complexity index is 656. The molecule has 0 aliphatic rings. The SMILES string of the molecule is CC(=O)Cc1nc2cc(C)c(C)cc2[nH]c1=O. The Kier molecular flexibility index (Phi) is 2.79. The van der Waals surface area contributed by atoms with Crippen LogP contribution in [0.3, 0.4) is 0 Å². The van der Waals surface area contributed by atoms with E-state index in [4.69, 9.17) is 0 Å². The third kappa shape index (κ3) is 2.25. The van der Waals surface area contributed by atoms with Gasteiger partial charge in [-0.2, -0.15) is 0 Å². The molecule has 0 radical (unpaired) electrons. The standard InChI is InChI=1S/C13H14N2O2/c1-7-4-10-11(5-8(7)2)15-13(17)12(14-10)6-9(3)16/h4-5H,6H2,1-3H3,(H,15,17). The molecular weight excluding hydrogens is 216 g/mol. The predicted octanol–water partition coefficient (Wildman–Crippen LogP) is 1.67. The quantitative estimate of drug-likeness (QED) is 0.853. The number of aryl methyl sites for hydroxylation is 2. The number of Topliss-reactive ketones (excluding diaryl/α,β-unsaturated/α-hetero) is 1. The van der Waals surface area contributed by atoms with Gasteiger partial charge in [0, 0.05) is 0 Å². The van der Waals surface area contributed by atoms with E-state index in [1.54, 1.807) is 0 Å². The molecule has 2 aromatic rings. The molecule has 0 saturated carbocycles. The number of carbonyl (C=O) groups is 1. The van der Waals surface area contributed by atoms with Crippen molar-refractivity contribution in [2.24, 2.45) is 0 Å². The Balaban J connectivity index is 2.67. The zero-order valence-corrected chi connectivity index (χ0v) is 10.1. The van der Waals surface area contributed by atoms with Crippen LogP contribution in [-0.4, -0.2) is 15.8 Å². The number of hydrogen-bond acceptors (Lipinski definition) is 3. The maximum atomic E-state index is 11.7. The Labute approximate surface area is 98.7 Å². The molecule has 0 spiro atoms. The molecule has 2 rings (SSSR count). The van der Waals surface area contributed by atoms with Crippen LogP contribution in [0.2, 0.25) is 0 Å². The molecule has 0 atom stereocenters. The Morgan fingerprint density at radius 3 is 2.59 bits per heavy atom. The molecule has 0 unspecified atom stereocenters. The number of benzene rings is 1. The third-order valence-corrected chi connectivity index (χ3v) is 2.79. The van der Waals surface area contributed by atoms with Crippen molar-refractivity contribution in [3.8, 4) is 0 Å². The fourth-order valence-corrected chi connectivity index (χ4v) is 1.74. The number of carbonyl (C=O) groups excluding carboxylic acids is 1. The number of rotatable bonds is 2. The average Bonchev–Trinajstić information content (AvgIpc) is 2.22. The number of ketones is 1. The van der Waals surface area contributed by atoms with E-state index in [-0.39, 0.29) is 23.5 Å². The van der Waals surface area contributed by atoms with Crippen LogP contribution in [0.4, 0.5) is 0 Å². The largest absolute Gasteiger partial charge is 0.319 e. The van der Waals surface area contributed by atoms with Crippen molar-refractivity contribution < 1.29 is 4.79 Å². The van der Waals surface area contributed by atoms with Gasteiger partial charge in [-0.1, -0.05) is 0 Å². The van der Waals surface area contributed by atoms with Crippen LogP contribution in [0.25, 0.3) is 11.0 Å². The molecule has 17 heavy (non-hydrogen) atoms. The van der Waals surface area contributed by atoms with Gasteiger partial charge >= 0.3 is 0 Å². The number of aromatic nitrogens is 2. The van der Waals surface area contributed by atoms with E-state index in [1.807, 2.05) is 26.0 Å². The Morgan fingerprint density at radius 1 is 1.29 bits per heavy atom. The summed E-state index contributed by atoms with van der Waals surface area (Å²) in [6, 6.07) is 3.82. The zero-order chi connectivity index (χ0) is 12.6. The van der Waals surface area contributed by atoms with Gasteiger partial charge in [0.1, 0.15) is 11.5 Å². The maximum absolute atomic E-state index is 11.7. The Morgan fingerprint density at radius 2 is 1.94 bits per heavy atom. The molecule has 0 fully saturated rings. The summed E-state index contributed by atoms with van der Waals surface area (Å²) in [5, 5.41) is 0. The first-order valence-corrected chi connectivity index (χ1v) is 5.47. The average molecular weight is 230 g/mol. The van der Waals surface area contributed by atoms with Crippen molar-refractivity contribution in [1.29, 1.82) is 0 Å². The summed E-state index contributed by atoms with van der Waals surface area (Å²) in [4.78, 5) is 29.7. The predicted molar refractivity (Wildman–Crippen MR) is 66.2 cm³/mol. The van der Waals surface area contributed by atoms with Crippen LogP contribution >= 0.6 is 0 Å². The topological polar surface area (TPSA) is 62.8 Å². The van der Waals surface area contributed by atoms with Gasteiger partial charge in [-0.05, 0) is 44.0 Å². The lowest BCUT2D eigenvalue weighted by Gasteiger charge is -2.04. The number of H-pyrrole nitrogens is 1. The minimum absolute atomic E-state index is 0.0637. The van der Waals surface area contributed by atoms with Crippen molar-refractivity contribution >= 4 is 16.8 Å². The van der Waals surface area contributed by atoms with Crippen LogP contribution < -0.4 is 5.56 Å². The summed E-state index contributed by atoms with van der Waals surface area (Å²) in [5.41, 5.74) is 3.67. The van der Waals surface area contributed by atoms with Crippen LogP contribution in [0.15, 0.2) is 16.9 Å². The summed E-state index contributed by atoms with van der Waals surface area (Å²) in [6.45, 7) is 5.43. The molecule has 1 aromatic carbocycles. The molecule has 1 heterocycles. The summed E-state index contributed by atoms with van der Waals surface area (Å²) in [6.07, 6.45) is 0.0815. The number of fused-ring (bicyclic) bond motifs is 1. The van der Waals surface area contributed by atoms with E-state index in [9.17, 15) is 9.59 Å². The molecule has 0 aliphatic heterocycles. The smallest absolute Gasteiger partial charge is 0.270 e. The van der Waals surface area contributed by atoms with E-state index in [2.05, 4.69) is 9.97 Å². The van der Waals surface area contributed by atoms with Crippen LogP contribution in [0, 0.1) is 13.8 Å². The van der Waals surface area contributed by atoms with Gasteiger partial charge in [-0.15, -0.1) is 0 Å². The second-order valence-electron chi connectivity index (χ2n) is 4.35. The molecular formula is C13H14N2O2. The maximum Gasteiger partial charge on any atom is 0.270 e. The number of hydrogen-bond donors (Lipinski definition) is 1. The van der Waals surface area contributed by atoms with E-state index >= 15 is 0 Å². The fourth-order valence-electron chi connectivity index (χ4n) is 1.74. The van der Waals surface area contributed by atoms with Crippen LogP contribution in [0.1, 0.15) is 23.7 Å². The molecule has 4 heteroatoms. The first kappa shape index (κ1) is 11.5. The first-order valence-electron chi connectivity index (χ1n) is 5.47. The Hall–Kier alpha value is -1.97. The van der Waals surface area contributed by atoms with Crippen molar-refractivity contribution in [3.63, 3.8) is 0 Å². The summed E-state index contributed by atoms with van der Waals surface area (Å²) in [5.74, 6) is -0.0637. The highest BCUT2D eigenvalue weighted by molar-refractivity contribution is 5.79. The second-order valence-corrected chi connectivity index (χ2v) is 4.35. The number of nitrogens with one attached hydrogen (secondary N) is 1. The highest BCUT2D eigenvalue weighted by Gasteiger charge is 2.08. The normalized spacial score (nSPS) is 10.8. The summed E-state index contributed by atoms with van der Waals surface area (Å²) in [7, 11) is 0. The lowest BCUT2D eigenvalue weighted by Crippen LogP contribution is -2.17. The molecule has 88 valence electrons. The molecule has 0 aliphatic carbocycles. The van der Waals surface area contributed by atoms with E-state index in [0.717, 1.165) is 16.6 Å². The number of nitrogens with zero attached hydrogens (tertiary/aromatic N) is 1. The van der Waals surface area contributed by atoms with Gasteiger partial charge in [0.25, 0.3) is 5.56 Å². The van der Waals surface area contributed by atoms with Gasteiger partial charge in [0.05, 0.1) is 17.5 Å². The van der Waals surface area contributed by atoms with Gasteiger partial charge in [0.2, 0.25) is 0 Å². The zero-order valence-electron chi connectivity index (χ0n) is 10.1. The third-order valence-electron chi connectivity index (χ3n) is 2.79. The fraction of sp³-hybridized carbons (Fsp3) is 0.308. The summed E-state index contributed by atoms with van der Waals surface area (Å²) < 4.78 is 0. The second kappa shape index (κ2) is 4.13. The van der Waals surface area contributed by atoms with Crippen molar-refractivity contribution in [1.82, 2.24) is 9.97 Å². The van der Waals surface area contributed by atoms with Gasteiger partial charge < -0.3 is 4.98 Å². The minimum Gasteiger partial charge on any atom is -0.319 e. The molecule has 1 aromatic heterocycles. The van der Waals surface area contributed by atoms with Gasteiger partial charge in [0.15, 0.2) is 0 Å². The van der Waals surface area contributed by atoms with Crippen LogP contribution in [0.5, 0.6) is 0 Å². The van der Waals surface area contributed by atoms with E-state index < -0.39 is 0 Å². The molecule has 4 nitrogen and oxygen atoms in total. The molecule has 0 amide bonds. The first-order chi connectivity index (χ1) is 7.97. The molecule has 0 saturated heterocycles. The van der Waals surface area contributed by atoms with Crippen molar-refractivity contribution in [2.75, 3.05) is 0 Å². The molecule has 1 N–H and O–H groups in total. The lowest BCUT2D eigenvalue weighted by molar-refractivity contribution is -0.116. The van der Waals surface area contributed by atoms with Crippen molar-refractivity contribution in [2.45, 2.75) is 27.2 Å². The highest BCUT2D eigenvalue weighted by atomic mass is 16.1.